The van der Waals surface area contributed by atoms with Gasteiger partial charge in [0.1, 0.15) is 10.6 Å². The van der Waals surface area contributed by atoms with Gasteiger partial charge in [0.15, 0.2) is 11.6 Å². The van der Waals surface area contributed by atoms with Crippen LogP contribution in [0.3, 0.4) is 0 Å². The molecule has 3 rings (SSSR count). The number of nitrogens with one attached hydrogen (secondary N) is 1. The van der Waals surface area contributed by atoms with Crippen molar-refractivity contribution in [1.82, 2.24) is 9.97 Å². The zero-order valence-electron chi connectivity index (χ0n) is 16.6. The maximum atomic E-state index is 14.5. The lowest BCUT2D eigenvalue weighted by Gasteiger charge is -2.20. The van der Waals surface area contributed by atoms with Crippen molar-refractivity contribution in [3.63, 3.8) is 0 Å². The summed E-state index contributed by atoms with van der Waals surface area (Å²) in [7, 11) is -0.946. The number of benzene rings is 2. The Hall–Kier alpha value is -2.66. The monoisotopic (exact) mass is 485 g/mol. The van der Waals surface area contributed by atoms with Crippen LogP contribution in [0.5, 0.6) is 5.75 Å². The average Bonchev–Trinajstić information content (AvgIpc) is 2.70. The third-order valence-electron chi connectivity index (χ3n) is 4.35. The number of nitrogens with zero attached hydrogens (tertiary/aromatic N) is 3. The van der Waals surface area contributed by atoms with Gasteiger partial charge in [0, 0.05) is 18.4 Å². The lowest BCUT2D eigenvalue weighted by atomic mass is 10.2. The van der Waals surface area contributed by atoms with E-state index in [1.54, 1.807) is 38.2 Å². The number of aromatic nitrogens is 2. The van der Waals surface area contributed by atoms with Gasteiger partial charge in [-0.2, -0.15) is 4.98 Å². The van der Waals surface area contributed by atoms with Crippen LogP contribution < -0.4 is 20.1 Å². The topological polar surface area (TPSA) is 110 Å². The smallest absolute Gasteiger partial charge is 0.239 e. The van der Waals surface area contributed by atoms with E-state index in [2.05, 4.69) is 15.3 Å². The number of sulfonamides is 1. The summed E-state index contributed by atoms with van der Waals surface area (Å²) in [5, 5.41) is 8.44. The van der Waals surface area contributed by atoms with Crippen molar-refractivity contribution in [1.29, 1.82) is 0 Å². The van der Waals surface area contributed by atoms with Crippen molar-refractivity contribution < 1.29 is 17.5 Å². The summed E-state index contributed by atoms with van der Waals surface area (Å²) in [5.41, 5.74) is 1.36. The van der Waals surface area contributed by atoms with E-state index in [4.69, 9.17) is 33.1 Å². The van der Waals surface area contributed by atoms with Crippen molar-refractivity contribution in [2.24, 2.45) is 5.14 Å². The van der Waals surface area contributed by atoms with Crippen molar-refractivity contribution in [2.45, 2.75) is 11.8 Å². The van der Waals surface area contributed by atoms with Gasteiger partial charge in [-0.15, -0.1) is 0 Å². The molecule has 0 bridgehead atoms. The third kappa shape index (κ3) is 4.99. The van der Waals surface area contributed by atoms with E-state index in [0.717, 1.165) is 6.20 Å². The predicted molar refractivity (Wildman–Crippen MR) is 119 cm³/mol. The molecule has 0 saturated carbocycles. The van der Waals surface area contributed by atoms with Gasteiger partial charge in [0.2, 0.25) is 16.0 Å². The molecule has 0 fully saturated rings. The molecule has 3 N–H and O–H groups in total. The minimum absolute atomic E-state index is 0.0184. The first-order valence-corrected chi connectivity index (χ1v) is 11.0. The summed E-state index contributed by atoms with van der Waals surface area (Å²) < 4.78 is 43.2. The summed E-state index contributed by atoms with van der Waals surface area (Å²) >= 11 is 12.2. The first kappa shape index (κ1) is 23.0. The molecule has 3 aromatic rings. The third-order valence-corrected chi connectivity index (χ3v) is 6.19. The molecule has 0 unspecified atom stereocenters. The van der Waals surface area contributed by atoms with Crippen LogP contribution >= 0.6 is 23.2 Å². The Morgan fingerprint density at radius 1 is 1.23 bits per heavy atom. The molecule has 0 aliphatic carbocycles. The molecular weight excluding hydrogens is 468 g/mol. The quantitative estimate of drug-likeness (QED) is 0.532. The zero-order chi connectivity index (χ0) is 22.9. The molecular formula is C19H18Cl2FN5O3S. The molecule has 31 heavy (non-hydrogen) atoms. The number of anilines is 4. The molecule has 2 aromatic carbocycles. The highest BCUT2D eigenvalue weighted by Crippen LogP contribution is 2.33. The molecule has 1 heterocycles. The van der Waals surface area contributed by atoms with Crippen LogP contribution in [0.2, 0.25) is 10.0 Å². The number of hydrogen-bond donors (Lipinski definition) is 2. The number of ether oxygens (including phenoxy) is 1. The summed E-state index contributed by atoms with van der Waals surface area (Å²) in [5.74, 6) is -0.188. The predicted octanol–water partition coefficient (Wildman–Crippen LogP) is 4.40. The van der Waals surface area contributed by atoms with Crippen LogP contribution in [-0.4, -0.2) is 32.5 Å². The molecule has 12 heteroatoms. The van der Waals surface area contributed by atoms with Crippen molar-refractivity contribution in [2.75, 3.05) is 24.4 Å². The minimum atomic E-state index is -4.05. The van der Waals surface area contributed by atoms with E-state index in [1.165, 1.54) is 18.1 Å². The fourth-order valence-corrected chi connectivity index (χ4v) is 4.17. The summed E-state index contributed by atoms with van der Waals surface area (Å²) in [6, 6.07) is 7.80. The van der Waals surface area contributed by atoms with Crippen LogP contribution in [0.25, 0.3) is 0 Å². The number of hydrogen-bond acceptors (Lipinski definition) is 7. The largest absolute Gasteiger partial charge is 0.495 e. The first-order valence-electron chi connectivity index (χ1n) is 8.71. The second kappa shape index (κ2) is 8.83. The Labute approximate surface area is 188 Å². The Kier molecular flexibility index (Phi) is 6.56. The lowest BCUT2D eigenvalue weighted by Crippen LogP contribution is -2.15. The number of primary sulfonamides is 1. The lowest BCUT2D eigenvalue weighted by molar-refractivity contribution is 0.415. The van der Waals surface area contributed by atoms with E-state index < -0.39 is 15.8 Å². The van der Waals surface area contributed by atoms with Crippen LogP contribution in [0.4, 0.5) is 27.5 Å². The normalized spacial score (nSPS) is 11.3. The Morgan fingerprint density at radius 3 is 2.55 bits per heavy atom. The van der Waals surface area contributed by atoms with Gasteiger partial charge < -0.3 is 15.0 Å². The fraction of sp³-hybridized carbons (Fsp3) is 0.158. The fourth-order valence-electron chi connectivity index (χ4n) is 2.79. The van der Waals surface area contributed by atoms with Crippen LogP contribution in [0, 0.1) is 12.7 Å². The van der Waals surface area contributed by atoms with Gasteiger partial charge in [0.25, 0.3) is 0 Å². The Morgan fingerprint density at radius 2 is 1.94 bits per heavy atom. The van der Waals surface area contributed by atoms with E-state index in [9.17, 15) is 12.8 Å². The molecule has 8 nitrogen and oxygen atoms in total. The minimum Gasteiger partial charge on any atom is -0.495 e. The van der Waals surface area contributed by atoms with Crippen LogP contribution in [-0.2, 0) is 10.0 Å². The van der Waals surface area contributed by atoms with Crippen molar-refractivity contribution >= 4 is 56.4 Å². The number of methoxy groups -OCH3 is 1. The van der Waals surface area contributed by atoms with Gasteiger partial charge in [-0.3, -0.25) is 0 Å². The molecule has 0 aliphatic rings. The molecule has 1 aromatic heterocycles. The average molecular weight is 486 g/mol. The SMILES string of the molecule is COc1ccc(N(C)c2nc(Nc3cc(C)c(Cl)c(S(N)(=O)=O)c3)ncc2F)cc1Cl. The van der Waals surface area contributed by atoms with Gasteiger partial charge >= 0.3 is 0 Å². The molecule has 0 saturated heterocycles. The molecule has 0 amide bonds. The summed E-state index contributed by atoms with van der Waals surface area (Å²) in [6.45, 7) is 1.63. The van der Waals surface area contributed by atoms with E-state index in [1.807, 2.05) is 0 Å². The van der Waals surface area contributed by atoms with Gasteiger partial charge in [-0.05, 0) is 42.8 Å². The number of rotatable bonds is 6. The molecule has 0 atom stereocenters. The molecule has 0 aliphatic heterocycles. The van der Waals surface area contributed by atoms with Crippen LogP contribution in [0.15, 0.2) is 41.4 Å². The number of nitrogens with two attached hydrogens (primary N) is 1. The highest BCUT2D eigenvalue weighted by molar-refractivity contribution is 7.89. The first-order chi connectivity index (χ1) is 14.5. The highest BCUT2D eigenvalue weighted by Gasteiger charge is 2.18. The Bertz CT molecular complexity index is 1260. The molecule has 0 spiro atoms. The highest BCUT2D eigenvalue weighted by atomic mass is 35.5. The maximum absolute atomic E-state index is 14.5. The van der Waals surface area contributed by atoms with Crippen LogP contribution in [0.1, 0.15) is 5.56 Å². The second-order valence-electron chi connectivity index (χ2n) is 6.52. The second-order valence-corrected chi connectivity index (χ2v) is 8.83. The number of aryl methyl sites for hydroxylation is 1. The van der Waals surface area contributed by atoms with Crippen molar-refractivity contribution in [3.05, 3.63) is 58.0 Å². The van der Waals surface area contributed by atoms with Gasteiger partial charge in [-0.25, -0.2) is 22.9 Å². The Balaban J connectivity index is 1.97. The van der Waals surface area contributed by atoms with Crippen molar-refractivity contribution in [3.8, 4) is 5.75 Å². The number of halogens is 3. The van der Waals surface area contributed by atoms with E-state index in [-0.39, 0.29) is 21.7 Å². The standard InChI is InChI=1S/C19H18Cl2FN5O3S/c1-10-6-11(7-16(17(10)21)31(23,28)29)25-19-24-9-14(22)18(26-19)27(2)12-4-5-15(30-3)13(20)8-12/h4-9H,1-3H3,(H2,23,28,29)(H,24,25,26). The summed E-state index contributed by atoms with van der Waals surface area (Å²) in [4.78, 5) is 9.35. The van der Waals surface area contributed by atoms with Gasteiger partial charge in [0.05, 0.1) is 23.4 Å². The van der Waals surface area contributed by atoms with Gasteiger partial charge in [-0.1, -0.05) is 23.2 Å². The molecule has 164 valence electrons. The molecule has 0 radical (unpaired) electrons. The van der Waals surface area contributed by atoms with E-state index >= 15 is 0 Å². The van der Waals surface area contributed by atoms with E-state index in [0.29, 0.717) is 27.7 Å². The zero-order valence-corrected chi connectivity index (χ0v) is 19.0. The maximum Gasteiger partial charge on any atom is 0.239 e. The summed E-state index contributed by atoms with van der Waals surface area (Å²) in [6.07, 6.45) is 0.996.